The van der Waals surface area contributed by atoms with Crippen LogP contribution in [0.4, 0.5) is 0 Å². The van der Waals surface area contributed by atoms with Crippen molar-refractivity contribution < 1.29 is 19.4 Å². The van der Waals surface area contributed by atoms with E-state index < -0.39 is 12.1 Å². The first-order valence-electron chi connectivity index (χ1n) is 5.52. The standard InChI is InChI=1S/C10H16N2O4/c13-9(5-11-7-1-2-7)12-3-4-16-8(6-12)10(14)15/h7-8,11H,1-6H2,(H,14,15). The number of hydrogen-bond donors (Lipinski definition) is 2. The second-order valence-corrected chi connectivity index (χ2v) is 4.19. The van der Waals surface area contributed by atoms with Gasteiger partial charge in [-0.1, -0.05) is 0 Å². The van der Waals surface area contributed by atoms with Crippen molar-refractivity contribution in [1.82, 2.24) is 10.2 Å². The molecule has 6 nitrogen and oxygen atoms in total. The van der Waals surface area contributed by atoms with E-state index in [9.17, 15) is 9.59 Å². The number of carbonyl (C=O) groups excluding carboxylic acids is 1. The molecule has 0 radical (unpaired) electrons. The van der Waals surface area contributed by atoms with Gasteiger partial charge in [0.05, 0.1) is 19.7 Å². The van der Waals surface area contributed by atoms with E-state index in [0.717, 1.165) is 12.8 Å². The fraction of sp³-hybridized carbons (Fsp3) is 0.800. The normalized spacial score (nSPS) is 25.5. The lowest BCUT2D eigenvalue weighted by Gasteiger charge is -2.31. The molecule has 0 spiro atoms. The molecule has 90 valence electrons. The molecule has 6 heteroatoms. The molecule has 1 aliphatic heterocycles. The van der Waals surface area contributed by atoms with Gasteiger partial charge in [0.25, 0.3) is 0 Å². The molecule has 2 rings (SSSR count). The number of nitrogens with one attached hydrogen (secondary N) is 1. The predicted octanol–water partition coefficient (Wildman–Crippen LogP) is -0.950. The number of rotatable bonds is 4. The van der Waals surface area contributed by atoms with Crippen LogP contribution in [0.15, 0.2) is 0 Å². The molecule has 1 atom stereocenters. The van der Waals surface area contributed by atoms with Crippen LogP contribution in [0.25, 0.3) is 0 Å². The molecule has 1 heterocycles. The number of morpholine rings is 1. The van der Waals surface area contributed by atoms with Crippen molar-refractivity contribution in [2.45, 2.75) is 25.0 Å². The number of aliphatic carboxylic acids is 1. The molecule has 0 aromatic heterocycles. The summed E-state index contributed by atoms with van der Waals surface area (Å²) >= 11 is 0. The number of carboxylic acids is 1. The topological polar surface area (TPSA) is 78.9 Å². The summed E-state index contributed by atoms with van der Waals surface area (Å²) in [5.41, 5.74) is 0. The lowest BCUT2D eigenvalue weighted by Crippen LogP contribution is -2.50. The van der Waals surface area contributed by atoms with Gasteiger partial charge in [-0.05, 0) is 12.8 Å². The van der Waals surface area contributed by atoms with Gasteiger partial charge in [0.15, 0.2) is 6.10 Å². The number of ether oxygens (including phenoxy) is 1. The van der Waals surface area contributed by atoms with Gasteiger partial charge in [0.2, 0.25) is 5.91 Å². The average molecular weight is 228 g/mol. The fourth-order valence-corrected chi connectivity index (χ4v) is 1.66. The monoisotopic (exact) mass is 228 g/mol. The average Bonchev–Trinajstić information content (AvgIpc) is 3.10. The van der Waals surface area contributed by atoms with E-state index in [1.54, 1.807) is 4.90 Å². The van der Waals surface area contributed by atoms with Crippen LogP contribution >= 0.6 is 0 Å². The number of hydrogen-bond acceptors (Lipinski definition) is 4. The molecule has 0 aromatic carbocycles. The summed E-state index contributed by atoms with van der Waals surface area (Å²) in [7, 11) is 0. The molecule has 1 amide bonds. The van der Waals surface area contributed by atoms with Crippen LogP contribution in [0.5, 0.6) is 0 Å². The van der Waals surface area contributed by atoms with Crippen molar-refractivity contribution in [1.29, 1.82) is 0 Å². The van der Waals surface area contributed by atoms with E-state index in [0.29, 0.717) is 25.7 Å². The summed E-state index contributed by atoms with van der Waals surface area (Å²) in [6.45, 7) is 1.23. The summed E-state index contributed by atoms with van der Waals surface area (Å²) in [6.07, 6.45) is 1.39. The summed E-state index contributed by atoms with van der Waals surface area (Å²) in [5.74, 6) is -1.05. The van der Waals surface area contributed by atoms with E-state index in [4.69, 9.17) is 9.84 Å². The molecule has 16 heavy (non-hydrogen) atoms. The lowest BCUT2D eigenvalue weighted by molar-refractivity contribution is -0.159. The van der Waals surface area contributed by atoms with Gasteiger partial charge in [0, 0.05) is 12.6 Å². The Morgan fingerprint density at radius 2 is 2.19 bits per heavy atom. The maximum absolute atomic E-state index is 11.7. The van der Waals surface area contributed by atoms with Crippen molar-refractivity contribution in [3.05, 3.63) is 0 Å². The largest absolute Gasteiger partial charge is 0.479 e. The highest BCUT2D eigenvalue weighted by molar-refractivity contribution is 5.80. The van der Waals surface area contributed by atoms with E-state index >= 15 is 0 Å². The Bertz CT molecular complexity index is 291. The van der Waals surface area contributed by atoms with Crippen LogP contribution in [0.1, 0.15) is 12.8 Å². The van der Waals surface area contributed by atoms with Gasteiger partial charge in [-0.2, -0.15) is 0 Å². The van der Waals surface area contributed by atoms with Crippen LogP contribution < -0.4 is 5.32 Å². The third-order valence-corrected chi connectivity index (χ3v) is 2.81. The quantitative estimate of drug-likeness (QED) is 0.648. The minimum absolute atomic E-state index is 0.0403. The second-order valence-electron chi connectivity index (χ2n) is 4.19. The molecule has 2 aliphatic rings. The Kier molecular flexibility index (Phi) is 3.40. The molecular formula is C10H16N2O4. The maximum atomic E-state index is 11.7. The van der Waals surface area contributed by atoms with Crippen LogP contribution in [-0.2, 0) is 14.3 Å². The lowest BCUT2D eigenvalue weighted by atomic mass is 10.2. The molecule has 0 aromatic rings. The number of amides is 1. The summed E-state index contributed by atoms with van der Waals surface area (Å²) in [5, 5.41) is 11.9. The number of carbonyl (C=O) groups is 2. The first-order valence-corrected chi connectivity index (χ1v) is 5.52. The van der Waals surface area contributed by atoms with E-state index in [1.165, 1.54) is 0 Å². The number of nitrogens with zero attached hydrogens (tertiary/aromatic N) is 1. The Morgan fingerprint density at radius 3 is 2.81 bits per heavy atom. The molecule has 1 saturated heterocycles. The van der Waals surface area contributed by atoms with Crippen LogP contribution in [0.2, 0.25) is 0 Å². The minimum Gasteiger partial charge on any atom is -0.479 e. The van der Waals surface area contributed by atoms with Gasteiger partial charge in [-0.15, -0.1) is 0 Å². The van der Waals surface area contributed by atoms with Crippen molar-refractivity contribution in [3.8, 4) is 0 Å². The van der Waals surface area contributed by atoms with Gasteiger partial charge in [0.1, 0.15) is 0 Å². The fourth-order valence-electron chi connectivity index (χ4n) is 1.66. The summed E-state index contributed by atoms with van der Waals surface area (Å²) in [4.78, 5) is 24.0. The van der Waals surface area contributed by atoms with Crippen molar-refractivity contribution in [2.24, 2.45) is 0 Å². The van der Waals surface area contributed by atoms with Crippen LogP contribution in [0.3, 0.4) is 0 Å². The molecule has 1 unspecified atom stereocenters. The zero-order valence-electron chi connectivity index (χ0n) is 9.02. The van der Waals surface area contributed by atoms with E-state index in [-0.39, 0.29) is 12.5 Å². The molecule has 1 saturated carbocycles. The minimum atomic E-state index is -1.01. The third-order valence-electron chi connectivity index (χ3n) is 2.81. The smallest absolute Gasteiger partial charge is 0.334 e. The summed E-state index contributed by atoms with van der Waals surface area (Å²) < 4.78 is 5.04. The van der Waals surface area contributed by atoms with E-state index in [1.807, 2.05) is 0 Å². The molecule has 1 aliphatic carbocycles. The van der Waals surface area contributed by atoms with Crippen molar-refractivity contribution in [2.75, 3.05) is 26.2 Å². The maximum Gasteiger partial charge on any atom is 0.334 e. The Morgan fingerprint density at radius 1 is 1.44 bits per heavy atom. The SMILES string of the molecule is O=C(O)C1CN(C(=O)CNC2CC2)CCO1. The zero-order valence-corrected chi connectivity index (χ0v) is 9.02. The summed E-state index contributed by atoms with van der Waals surface area (Å²) in [6, 6.07) is 0.486. The Balaban J connectivity index is 1.78. The first-order chi connectivity index (χ1) is 7.66. The highest BCUT2D eigenvalue weighted by Crippen LogP contribution is 2.18. The third kappa shape index (κ3) is 2.93. The molecule has 0 bridgehead atoms. The number of carboxylic acid groups (broad SMARTS) is 1. The molecular weight excluding hydrogens is 212 g/mol. The van der Waals surface area contributed by atoms with Crippen LogP contribution in [0, 0.1) is 0 Å². The van der Waals surface area contributed by atoms with Crippen molar-refractivity contribution >= 4 is 11.9 Å². The molecule has 2 N–H and O–H groups in total. The Hall–Kier alpha value is -1.14. The highest BCUT2D eigenvalue weighted by Gasteiger charge is 2.29. The van der Waals surface area contributed by atoms with Gasteiger partial charge in [-0.25, -0.2) is 4.79 Å². The highest BCUT2D eigenvalue weighted by atomic mass is 16.5. The first kappa shape index (κ1) is 11.3. The van der Waals surface area contributed by atoms with Gasteiger partial charge in [-0.3, -0.25) is 4.79 Å². The van der Waals surface area contributed by atoms with E-state index in [2.05, 4.69) is 5.32 Å². The predicted molar refractivity (Wildman–Crippen MR) is 55.0 cm³/mol. The molecule has 2 fully saturated rings. The zero-order chi connectivity index (χ0) is 11.5. The van der Waals surface area contributed by atoms with Crippen molar-refractivity contribution in [3.63, 3.8) is 0 Å². The van der Waals surface area contributed by atoms with Crippen LogP contribution in [-0.4, -0.2) is 60.3 Å². The van der Waals surface area contributed by atoms with Gasteiger partial charge >= 0.3 is 5.97 Å². The van der Waals surface area contributed by atoms with Gasteiger partial charge < -0.3 is 20.1 Å². The second kappa shape index (κ2) is 4.80. The Labute approximate surface area is 93.6 Å².